The highest BCUT2D eigenvalue weighted by Crippen LogP contribution is 2.02. The maximum atomic E-state index is 10.4. The molecule has 4 N–H and O–H groups in total. The molecule has 0 aliphatic carbocycles. The topological polar surface area (TPSA) is 104 Å². The predicted molar refractivity (Wildman–Crippen MR) is 58.2 cm³/mol. The van der Waals surface area contributed by atoms with Crippen LogP contribution in [0.4, 0.5) is 4.79 Å². The van der Waals surface area contributed by atoms with Gasteiger partial charge in [0.1, 0.15) is 11.8 Å². The number of amides is 2. The summed E-state index contributed by atoms with van der Waals surface area (Å²) in [5.74, 6) is 0. The molecule has 0 aliphatic heterocycles. The number of primary amides is 1. The molecule has 6 heteroatoms. The van der Waals surface area contributed by atoms with Crippen LogP contribution in [-0.4, -0.2) is 24.1 Å². The lowest BCUT2D eigenvalue weighted by molar-refractivity contribution is 0.249. The first-order valence-electron chi connectivity index (χ1n) is 4.82. The van der Waals surface area contributed by atoms with Crippen LogP contribution in [0.2, 0.25) is 0 Å². The molecule has 1 aromatic heterocycles. The standard InChI is InChI=1S/C10H13N5O/c11-6-9-8(2-1-3-14-9)7-13-4-5-15-10(12)16/h1-3,13H,4-5,7H2,(H3,12,15,16). The minimum absolute atomic E-state index is 0.415. The average Bonchev–Trinajstić information content (AvgIpc) is 2.29. The summed E-state index contributed by atoms with van der Waals surface area (Å²) in [6.07, 6.45) is 1.58. The SMILES string of the molecule is N#Cc1ncccc1CNCCNC(N)=O. The second kappa shape index (κ2) is 6.37. The molecule has 0 aliphatic rings. The van der Waals surface area contributed by atoms with Gasteiger partial charge in [-0.2, -0.15) is 5.26 Å². The van der Waals surface area contributed by atoms with Gasteiger partial charge in [-0.1, -0.05) is 6.07 Å². The lowest BCUT2D eigenvalue weighted by atomic mass is 10.2. The fraction of sp³-hybridized carbons (Fsp3) is 0.300. The van der Waals surface area contributed by atoms with Crippen molar-refractivity contribution in [2.45, 2.75) is 6.54 Å². The quantitative estimate of drug-likeness (QED) is 0.592. The minimum atomic E-state index is -0.541. The number of pyridine rings is 1. The third kappa shape index (κ3) is 3.94. The lowest BCUT2D eigenvalue weighted by Crippen LogP contribution is -2.35. The summed E-state index contributed by atoms with van der Waals surface area (Å²) in [6.45, 7) is 1.58. The van der Waals surface area contributed by atoms with Gasteiger partial charge in [-0.25, -0.2) is 9.78 Å². The van der Waals surface area contributed by atoms with Crippen LogP contribution in [0.5, 0.6) is 0 Å². The Labute approximate surface area is 93.5 Å². The van der Waals surface area contributed by atoms with Gasteiger partial charge in [0.2, 0.25) is 0 Å². The summed E-state index contributed by atoms with van der Waals surface area (Å²) in [4.78, 5) is 14.3. The van der Waals surface area contributed by atoms with E-state index in [0.29, 0.717) is 25.3 Å². The molecule has 0 fully saturated rings. The van der Waals surface area contributed by atoms with E-state index in [0.717, 1.165) is 5.56 Å². The zero-order valence-electron chi connectivity index (χ0n) is 8.73. The number of aromatic nitrogens is 1. The number of nitrogens with zero attached hydrogens (tertiary/aromatic N) is 2. The smallest absolute Gasteiger partial charge is 0.312 e. The van der Waals surface area contributed by atoms with Crippen molar-refractivity contribution >= 4 is 6.03 Å². The van der Waals surface area contributed by atoms with Crippen molar-refractivity contribution in [1.82, 2.24) is 15.6 Å². The lowest BCUT2D eigenvalue weighted by Gasteiger charge is -2.05. The molecule has 2 amide bonds. The van der Waals surface area contributed by atoms with Crippen LogP contribution in [0.3, 0.4) is 0 Å². The number of rotatable bonds is 5. The molecule has 0 aromatic carbocycles. The van der Waals surface area contributed by atoms with Gasteiger partial charge in [-0.3, -0.25) is 0 Å². The van der Waals surface area contributed by atoms with Gasteiger partial charge in [0.05, 0.1) is 0 Å². The van der Waals surface area contributed by atoms with E-state index >= 15 is 0 Å². The number of carbonyl (C=O) groups is 1. The van der Waals surface area contributed by atoms with Crippen LogP contribution >= 0.6 is 0 Å². The molecule has 84 valence electrons. The Morgan fingerprint density at radius 3 is 3.06 bits per heavy atom. The number of hydrogen-bond donors (Lipinski definition) is 3. The van der Waals surface area contributed by atoms with Crippen LogP contribution in [0.15, 0.2) is 18.3 Å². The molecule has 0 radical (unpaired) electrons. The average molecular weight is 219 g/mol. The Hall–Kier alpha value is -2.13. The highest BCUT2D eigenvalue weighted by Gasteiger charge is 2.00. The molecule has 0 unspecified atom stereocenters. The second-order valence-corrected chi connectivity index (χ2v) is 3.09. The van der Waals surface area contributed by atoms with E-state index in [1.807, 2.05) is 12.1 Å². The summed E-state index contributed by atoms with van der Waals surface area (Å²) >= 11 is 0. The van der Waals surface area contributed by atoms with Gasteiger partial charge < -0.3 is 16.4 Å². The van der Waals surface area contributed by atoms with Crippen molar-refractivity contribution in [3.8, 4) is 6.07 Å². The zero-order valence-corrected chi connectivity index (χ0v) is 8.73. The molecule has 16 heavy (non-hydrogen) atoms. The van der Waals surface area contributed by atoms with Crippen molar-refractivity contribution in [2.24, 2.45) is 5.73 Å². The third-order valence-corrected chi connectivity index (χ3v) is 1.91. The van der Waals surface area contributed by atoms with Gasteiger partial charge in [0.25, 0.3) is 0 Å². The molecule has 0 spiro atoms. The molecule has 0 bridgehead atoms. The first-order valence-corrected chi connectivity index (χ1v) is 4.82. The molecule has 1 heterocycles. The first kappa shape index (κ1) is 11.9. The van der Waals surface area contributed by atoms with Gasteiger partial charge in [0.15, 0.2) is 0 Å². The van der Waals surface area contributed by atoms with Gasteiger partial charge in [0, 0.05) is 31.4 Å². The second-order valence-electron chi connectivity index (χ2n) is 3.09. The Balaban J connectivity index is 2.32. The number of nitriles is 1. The van der Waals surface area contributed by atoms with E-state index < -0.39 is 6.03 Å². The first-order chi connectivity index (χ1) is 7.74. The van der Waals surface area contributed by atoms with E-state index in [-0.39, 0.29) is 0 Å². The minimum Gasteiger partial charge on any atom is -0.352 e. The fourth-order valence-electron chi connectivity index (χ4n) is 1.18. The monoisotopic (exact) mass is 219 g/mol. The molecular weight excluding hydrogens is 206 g/mol. The van der Waals surface area contributed by atoms with Crippen molar-refractivity contribution in [3.63, 3.8) is 0 Å². The Bertz CT molecular complexity index is 398. The Kier molecular flexibility index (Phi) is 4.76. The summed E-state index contributed by atoms with van der Waals surface area (Å²) in [6, 6.07) is 5.08. The van der Waals surface area contributed by atoms with E-state index in [1.54, 1.807) is 12.3 Å². The van der Waals surface area contributed by atoms with Crippen LogP contribution in [-0.2, 0) is 6.54 Å². The van der Waals surface area contributed by atoms with Crippen LogP contribution in [0, 0.1) is 11.3 Å². The molecule has 0 saturated carbocycles. The number of hydrogen-bond acceptors (Lipinski definition) is 4. The van der Waals surface area contributed by atoms with Gasteiger partial charge >= 0.3 is 6.03 Å². The van der Waals surface area contributed by atoms with Crippen molar-refractivity contribution in [1.29, 1.82) is 5.26 Å². The highest BCUT2D eigenvalue weighted by atomic mass is 16.2. The normalized spacial score (nSPS) is 9.44. The zero-order chi connectivity index (χ0) is 11.8. The molecule has 1 rings (SSSR count). The predicted octanol–water partition coefficient (Wildman–Crippen LogP) is -0.289. The molecule has 0 saturated heterocycles. The van der Waals surface area contributed by atoms with Crippen molar-refractivity contribution in [3.05, 3.63) is 29.6 Å². The van der Waals surface area contributed by atoms with E-state index in [2.05, 4.69) is 15.6 Å². The molecule has 6 nitrogen and oxygen atoms in total. The highest BCUT2D eigenvalue weighted by molar-refractivity contribution is 5.71. The van der Waals surface area contributed by atoms with Crippen molar-refractivity contribution in [2.75, 3.05) is 13.1 Å². The molecule has 0 atom stereocenters. The molecular formula is C10H13N5O. The van der Waals surface area contributed by atoms with Crippen molar-refractivity contribution < 1.29 is 4.79 Å². The van der Waals surface area contributed by atoms with Crippen LogP contribution in [0.25, 0.3) is 0 Å². The van der Waals surface area contributed by atoms with E-state index in [9.17, 15) is 4.79 Å². The largest absolute Gasteiger partial charge is 0.352 e. The number of nitrogens with one attached hydrogen (secondary N) is 2. The molecule has 1 aromatic rings. The van der Waals surface area contributed by atoms with Gasteiger partial charge in [-0.05, 0) is 6.07 Å². The number of nitrogens with two attached hydrogens (primary N) is 1. The number of urea groups is 1. The summed E-state index contributed by atoms with van der Waals surface area (Å²) in [7, 11) is 0. The Morgan fingerprint density at radius 1 is 1.56 bits per heavy atom. The van der Waals surface area contributed by atoms with E-state index in [1.165, 1.54) is 0 Å². The summed E-state index contributed by atoms with van der Waals surface area (Å²) in [5.41, 5.74) is 6.15. The number of carbonyl (C=O) groups excluding carboxylic acids is 1. The van der Waals surface area contributed by atoms with Crippen LogP contribution < -0.4 is 16.4 Å². The van der Waals surface area contributed by atoms with E-state index in [4.69, 9.17) is 11.0 Å². The fourth-order valence-corrected chi connectivity index (χ4v) is 1.18. The maximum Gasteiger partial charge on any atom is 0.312 e. The maximum absolute atomic E-state index is 10.4. The van der Waals surface area contributed by atoms with Crippen LogP contribution in [0.1, 0.15) is 11.3 Å². The Morgan fingerprint density at radius 2 is 2.38 bits per heavy atom. The third-order valence-electron chi connectivity index (χ3n) is 1.91. The summed E-state index contributed by atoms with van der Waals surface area (Å²) < 4.78 is 0. The van der Waals surface area contributed by atoms with Gasteiger partial charge in [-0.15, -0.1) is 0 Å². The summed E-state index contributed by atoms with van der Waals surface area (Å²) in [5, 5.41) is 14.3.